The molecule has 1 aromatic heterocycles. The van der Waals surface area contributed by atoms with Gasteiger partial charge in [0.15, 0.2) is 5.82 Å². The van der Waals surface area contributed by atoms with Gasteiger partial charge in [-0.05, 0) is 0 Å². The number of aromatic nitrogens is 2. The van der Waals surface area contributed by atoms with Gasteiger partial charge in [0.2, 0.25) is 0 Å². The van der Waals surface area contributed by atoms with Gasteiger partial charge >= 0.3 is 0 Å². The van der Waals surface area contributed by atoms with E-state index in [9.17, 15) is 0 Å². The van der Waals surface area contributed by atoms with Gasteiger partial charge < -0.3 is 16.8 Å². The van der Waals surface area contributed by atoms with Crippen LogP contribution in [-0.2, 0) is 0 Å². The van der Waals surface area contributed by atoms with Crippen molar-refractivity contribution in [2.75, 3.05) is 24.1 Å². The Kier molecular flexibility index (Phi) is 2.62. The van der Waals surface area contributed by atoms with Gasteiger partial charge in [0.25, 0.3) is 0 Å². The van der Waals surface area contributed by atoms with Gasteiger partial charge in [-0.15, -0.1) is 0 Å². The van der Waals surface area contributed by atoms with Crippen LogP contribution >= 0.6 is 0 Å². The van der Waals surface area contributed by atoms with Crippen LogP contribution in [0.3, 0.4) is 0 Å². The Hall–Kier alpha value is -1.36. The molecule has 0 aliphatic heterocycles. The number of nitrogens with zero attached hydrogens (tertiary/aromatic N) is 2. The van der Waals surface area contributed by atoms with Crippen molar-refractivity contribution in [3.8, 4) is 0 Å². The third-order valence-electron chi connectivity index (χ3n) is 1.18. The van der Waals surface area contributed by atoms with Gasteiger partial charge in [0, 0.05) is 13.1 Å². The Labute approximate surface area is 64.8 Å². The molecule has 0 saturated carbocycles. The minimum absolute atomic E-state index is 0.543. The van der Waals surface area contributed by atoms with E-state index < -0.39 is 0 Å². The Balaban J connectivity index is 2.62. The number of hydrogen-bond acceptors (Lipinski definition) is 5. The normalized spacial score (nSPS) is 9.55. The van der Waals surface area contributed by atoms with Gasteiger partial charge in [0.05, 0.1) is 11.9 Å². The van der Waals surface area contributed by atoms with Crippen molar-refractivity contribution in [2.24, 2.45) is 5.73 Å². The van der Waals surface area contributed by atoms with Crippen LogP contribution in [0.15, 0.2) is 12.5 Å². The van der Waals surface area contributed by atoms with Crippen LogP contribution < -0.4 is 16.8 Å². The van der Waals surface area contributed by atoms with E-state index >= 15 is 0 Å². The molecular weight excluding hydrogens is 142 g/mol. The first-order valence-electron chi connectivity index (χ1n) is 3.34. The van der Waals surface area contributed by atoms with Gasteiger partial charge in [-0.1, -0.05) is 0 Å². The second kappa shape index (κ2) is 3.72. The highest BCUT2D eigenvalue weighted by Gasteiger charge is 1.95. The molecule has 11 heavy (non-hydrogen) atoms. The summed E-state index contributed by atoms with van der Waals surface area (Å²) in [5.74, 6) is 0.644. The van der Waals surface area contributed by atoms with Crippen LogP contribution in [0.5, 0.6) is 0 Å². The lowest BCUT2D eigenvalue weighted by Crippen LogP contribution is -2.14. The molecule has 0 fully saturated rings. The van der Waals surface area contributed by atoms with E-state index in [-0.39, 0.29) is 0 Å². The van der Waals surface area contributed by atoms with Gasteiger partial charge in [0.1, 0.15) is 6.33 Å². The number of hydrogen-bond donors (Lipinski definition) is 3. The average Bonchev–Trinajstić information content (AvgIpc) is 2.03. The molecule has 0 radical (unpaired) electrons. The second-order valence-electron chi connectivity index (χ2n) is 2.04. The van der Waals surface area contributed by atoms with Crippen molar-refractivity contribution in [2.45, 2.75) is 0 Å². The standard InChI is InChI=1S/C6H11N5/c7-1-2-10-6-5(8)3-9-4-11-6/h3-4H,1-2,7-8H2,(H,9,10,11). The van der Waals surface area contributed by atoms with E-state index in [4.69, 9.17) is 11.5 Å². The Morgan fingerprint density at radius 1 is 1.55 bits per heavy atom. The van der Waals surface area contributed by atoms with Crippen molar-refractivity contribution in [1.29, 1.82) is 0 Å². The van der Waals surface area contributed by atoms with Crippen LogP contribution in [0.4, 0.5) is 11.5 Å². The molecule has 1 heterocycles. The van der Waals surface area contributed by atoms with Crippen LogP contribution in [0.1, 0.15) is 0 Å². The monoisotopic (exact) mass is 153 g/mol. The molecule has 0 spiro atoms. The SMILES string of the molecule is NCCNc1ncncc1N. The molecule has 0 atom stereocenters. The number of nitrogens with two attached hydrogens (primary N) is 2. The molecule has 5 nitrogen and oxygen atoms in total. The average molecular weight is 153 g/mol. The lowest BCUT2D eigenvalue weighted by Gasteiger charge is -2.04. The fourth-order valence-electron chi connectivity index (χ4n) is 0.679. The zero-order valence-electron chi connectivity index (χ0n) is 6.12. The van der Waals surface area contributed by atoms with Crippen molar-refractivity contribution in [3.05, 3.63) is 12.5 Å². The Bertz CT molecular complexity index is 224. The number of nitrogen functional groups attached to an aromatic ring is 1. The summed E-state index contributed by atoms with van der Waals surface area (Å²) in [7, 11) is 0. The lowest BCUT2D eigenvalue weighted by atomic mass is 10.5. The highest BCUT2D eigenvalue weighted by Crippen LogP contribution is 2.09. The lowest BCUT2D eigenvalue weighted by molar-refractivity contribution is 1.01. The molecule has 0 unspecified atom stereocenters. The van der Waals surface area contributed by atoms with Gasteiger partial charge in [-0.25, -0.2) is 9.97 Å². The Morgan fingerprint density at radius 3 is 3.00 bits per heavy atom. The topological polar surface area (TPSA) is 89.8 Å². The Morgan fingerprint density at radius 2 is 2.36 bits per heavy atom. The number of rotatable bonds is 3. The van der Waals surface area contributed by atoms with Crippen molar-refractivity contribution in [3.63, 3.8) is 0 Å². The van der Waals surface area contributed by atoms with Crippen molar-refractivity contribution in [1.82, 2.24) is 9.97 Å². The fraction of sp³-hybridized carbons (Fsp3) is 0.333. The molecular formula is C6H11N5. The predicted molar refractivity (Wildman–Crippen MR) is 44.0 cm³/mol. The first kappa shape index (κ1) is 7.74. The van der Waals surface area contributed by atoms with Crippen molar-refractivity contribution >= 4 is 11.5 Å². The minimum atomic E-state index is 0.543. The van der Waals surface area contributed by atoms with Crippen LogP contribution in [-0.4, -0.2) is 23.1 Å². The van der Waals surface area contributed by atoms with Gasteiger partial charge in [-0.3, -0.25) is 0 Å². The van der Waals surface area contributed by atoms with Crippen molar-refractivity contribution < 1.29 is 0 Å². The van der Waals surface area contributed by atoms with E-state index in [0.717, 1.165) is 0 Å². The van der Waals surface area contributed by atoms with E-state index in [1.54, 1.807) is 6.20 Å². The molecule has 0 aromatic carbocycles. The maximum Gasteiger partial charge on any atom is 0.152 e. The highest BCUT2D eigenvalue weighted by atomic mass is 15.0. The summed E-state index contributed by atoms with van der Waals surface area (Å²) in [6, 6.07) is 0. The third kappa shape index (κ3) is 2.05. The second-order valence-corrected chi connectivity index (χ2v) is 2.04. The summed E-state index contributed by atoms with van der Waals surface area (Å²) < 4.78 is 0. The summed E-state index contributed by atoms with van der Waals surface area (Å²) in [6.07, 6.45) is 2.99. The third-order valence-corrected chi connectivity index (χ3v) is 1.18. The molecule has 0 bridgehead atoms. The van der Waals surface area contributed by atoms with E-state index in [0.29, 0.717) is 24.6 Å². The molecule has 0 saturated heterocycles. The van der Waals surface area contributed by atoms with Gasteiger partial charge in [-0.2, -0.15) is 0 Å². The van der Waals surface area contributed by atoms with E-state index in [1.165, 1.54) is 6.33 Å². The zero-order valence-corrected chi connectivity index (χ0v) is 6.12. The summed E-state index contributed by atoms with van der Waals surface area (Å²) in [6.45, 7) is 1.23. The minimum Gasteiger partial charge on any atom is -0.394 e. The first-order chi connectivity index (χ1) is 5.34. The zero-order chi connectivity index (χ0) is 8.10. The fourth-order valence-corrected chi connectivity index (χ4v) is 0.679. The molecule has 0 amide bonds. The molecule has 1 aromatic rings. The quantitative estimate of drug-likeness (QED) is 0.541. The highest BCUT2D eigenvalue weighted by molar-refractivity contribution is 5.58. The molecule has 5 N–H and O–H groups in total. The molecule has 5 heteroatoms. The summed E-state index contributed by atoms with van der Waals surface area (Å²) in [4.78, 5) is 7.66. The largest absolute Gasteiger partial charge is 0.394 e. The smallest absolute Gasteiger partial charge is 0.152 e. The molecule has 0 aliphatic carbocycles. The maximum atomic E-state index is 5.53. The van der Waals surface area contributed by atoms with E-state index in [2.05, 4.69) is 15.3 Å². The molecule has 60 valence electrons. The molecule has 0 aliphatic rings. The van der Waals surface area contributed by atoms with Crippen LogP contribution in [0, 0.1) is 0 Å². The first-order valence-corrected chi connectivity index (χ1v) is 3.34. The summed E-state index contributed by atoms with van der Waals surface area (Å²) in [5, 5.41) is 2.96. The van der Waals surface area contributed by atoms with Crippen LogP contribution in [0.2, 0.25) is 0 Å². The number of nitrogens with one attached hydrogen (secondary N) is 1. The predicted octanol–water partition coefficient (Wildman–Crippen LogP) is -0.571. The molecule has 1 rings (SSSR count). The number of anilines is 2. The maximum absolute atomic E-state index is 5.53. The van der Waals surface area contributed by atoms with E-state index in [1.807, 2.05) is 0 Å². The van der Waals surface area contributed by atoms with Crippen LogP contribution in [0.25, 0.3) is 0 Å². The summed E-state index contributed by atoms with van der Waals surface area (Å²) >= 11 is 0. The summed E-state index contributed by atoms with van der Waals surface area (Å²) in [5.41, 5.74) is 11.4.